The summed E-state index contributed by atoms with van der Waals surface area (Å²) in [5, 5.41) is 7.20. The minimum absolute atomic E-state index is 0.00217. The number of benzene rings is 1. The van der Waals surface area contributed by atoms with E-state index in [1.54, 1.807) is 10.7 Å². The molecule has 120 valence electrons. The first-order valence-corrected chi connectivity index (χ1v) is 7.97. The molecule has 23 heavy (non-hydrogen) atoms. The van der Waals surface area contributed by atoms with Crippen molar-refractivity contribution in [3.63, 3.8) is 0 Å². The molecule has 0 saturated carbocycles. The second-order valence-electron chi connectivity index (χ2n) is 5.91. The molecule has 0 unspecified atom stereocenters. The van der Waals surface area contributed by atoms with Gasteiger partial charge in [-0.3, -0.25) is 4.79 Å². The van der Waals surface area contributed by atoms with Gasteiger partial charge in [0.05, 0.1) is 19.3 Å². The lowest BCUT2D eigenvalue weighted by Crippen LogP contribution is -2.37. The van der Waals surface area contributed by atoms with Gasteiger partial charge in [0.25, 0.3) is 5.91 Å². The lowest BCUT2D eigenvalue weighted by atomic mass is 9.99. The van der Waals surface area contributed by atoms with E-state index in [0.29, 0.717) is 31.3 Å². The predicted molar refractivity (Wildman–Crippen MR) is 83.4 cm³/mol. The molecular weight excluding hydrogens is 294 g/mol. The molecule has 2 aliphatic rings. The van der Waals surface area contributed by atoms with E-state index in [0.717, 1.165) is 19.4 Å². The van der Waals surface area contributed by atoms with Crippen molar-refractivity contribution in [2.75, 3.05) is 13.2 Å². The normalized spacial score (nSPS) is 19.4. The minimum atomic E-state index is -0.182. The number of hydrogen-bond donors (Lipinski definition) is 1. The van der Waals surface area contributed by atoms with Crippen molar-refractivity contribution in [1.29, 1.82) is 0 Å². The van der Waals surface area contributed by atoms with Crippen LogP contribution in [0.25, 0.3) is 0 Å². The lowest BCUT2D eigenvalue weighted by molar-refractivity contribution is 0.0284. The molecule has 1 N–H and O–H groups in total. The van der Waals surface area contributed by atoms with Crippen LogP contribution in [-0.2, 0) is 24.3 Å². The monoisotopic (exact) mass is 313 g/mol. The Labute approximate surface area is 134 Å². The first kappa shape index (κ1) is 14.3. The van der Waals surface area contributed by atoms with E-state index >= 15 is 0 Å². The Morgan fingerprint density at radius 1 is 1.35 bits per heavy atom. The van der Waals surface area contributed by atoms with Gasteiger partial charge in [-0.25, -0.2) is 4.68 Å². The van der Waals surface area contributed by atoms with Crippen molar-refractivity contribution in [2.45, 2.75) is 32.1 Å². The standard InChI is InChI=1S/C17H19N3O3/c21-17(15-9-16-20(19-15)6-3-7-22-16)18-10-14-8-12-4-1-2-5-13(12)11-23-14/h1-2,4-5,9,14H,3,6-8,10-11H2,(H,18,21)/t14-/m1/s1. The van der Waals surface area contributed by atoms with Crippen molar-refractivity contribution in [3.05, 3.63) is 47.2 Å². The third kappa shape index (κ3) is 2.94. The molecular formula is C17H19N3O3. The Hall–Kier alpha value is -2.34. The molecule has 0 spiro atoms. The van der Waals surface area contributed by atoms with Gasteiger partial charge in [-0.05, 0) is 11.1 Å². The zero-order valence-electron chi connectivity index (χ0n) is 12.8. The molecule has 1 aromatic carbocycles. The van der Waals surface area contributed by atoms with Crippen molar-refractivity contribution >= 4 is 5.91 Å². The van der Waals surface area contributed by atoms with Crippen molar-refractivity contribution in [2.24, 2.45) is 0 Å². The number of rotatable bonds is 3. The summed E-state index contributed by atoms with van der Waals surface area (Å²) in [6.45, 7) is 2.56. The van der Waals surface area contributed by atoms with Crippen LogP contribution in [-0.4, -0.2) is 34.9 Å². The van der Waals surface area contributed by atoms with Crippen LogP contribution in [0.5, 0.6) is 5.88 Å². The third-order valence-corrected chi connectivity index (χ3v) is 4.27. The molecule has 2 aliphatic heterocycles. The summed E-state index contributed by atoms with van der Waals surface area (Å²) in [4.78, 5) is 12.3. The van der Waals surface area contributed by atoms with Crippen LogP contribution in [0.1, 0.15) is 28.0 Å². The number of carbonyl (C=O) groups is 1. The van der Waals surface area contributed by atoms with Gasteiger partial charge in [0.2, 0.25) is 5.88 Å². The summed E-state index contributed by atoms with van der Waals surface area (Å²) in [5.41, 5.74) is 2.93. The highest BCUT2D eigenvalue weighted by Crippen LogP contribution is 2.20. The fourth-order valence-corrected chi connectivity index (χ4v) is 3.02. The quantitative estimate of drug-likeness (QED) is 0.933. The van der Waals surface area contributed by atoms with E-state index in [2.05, 4.69) is 22.5 Å². The molecule has 1 atom stereocenters. The zero-order valence-corrected chi connectivity index (χ0v) is 12.8. The highest BCUT2D eigenvalue weighted by atomic mass is 16.5. The van der Waals surface area contributed by atoms with Crippen LogP contribution in [0.15, 0.2) is 30.3 Å². The topological polar surface area (TPSA) is 65.4 Å². The smallest absolute Gasteiger partial charge is 0.272 e. The number of aromatic nitrogens is 2. The predicted octanol–water partition coefficient (Wildman–Crippen LogP) is 1.54. The number of hydrogen-bond acceptors (Lipinski definition) is 4. The number of amides is 1. The average molecular weight is 313 g/mol. The fraction of sp³-hybridized carbons (Fsp3) is 0.412. The van der Waals surface area contributed by atoms with Crippen LogP contribution in [0, 0.1) is 0 Å². The molecule has 0 bridgehead atoms. The number of nitrogens with one attached hydrogen (secondary N) is 1. The summed E-state index contributed by atoms with van der Waals surface area (Å²) in [6.07, 6.45) is 1.74. The van der Waals surface area contributed by atoms with Gasteiger partial charge in [-0.15, -0.1) is 0 Å². The van der Waals surface area contributed by atoms with Gasteiger partial charge in [0.15, 0.2) is 5.69 Å². The molecule has 3 heterocycles. The molecule has 6 heteroatoms. The number of carbonyl (C=O) groups excluding carboxylic acids is 1. The number of aryl methyl sites for hydroxylation is 1. The molecule has 1 amide bonds. The highest BCUT2D eigenvalue weighted by molar-refractivity contribution is 5.92. The van der Waals surface area contributed by atoms with E-state index in [-0.39, 0.29) is 12.0 Å². The van der Waals surface area contributed by atoms with Gasteiger partial charge >= 0.3 is 0 Å². The second kappa shape index (κ2) is 6.04. The van der Waals surface area contributed by atoms with Crippen LogP contribution in [0.4, 0.5) is 0 Å². The first-order chi connectivity index (χ1) is 11.3. The Kier molecular flexibility index (Phi) is 3.75. The van der Waals surface area contributed by atoms with E-state index in [1.807, 2.05) is 12.1 Å². The Bertz CT molecular complexity index is 702. The first-order valence-electron chi connectivity index (χ1n) is 7.97. The van der Waals surface area contributed by atoms with Gasteiger partial charge in [0, 0.05) is 32.0 Å². The van der Waals surface area contributed by atoms with Gasteiger partial charge in [-0.1, -0.05) is 24.3 Å². The Morgan fingerprint density at radius 3 is 3.09 bits per heavy atom. The average Bonchev–Trinajstić information content (AvgIpc) is 3.04. The van der Waals surface area contributed by atoms with Crippen molar-refractivity contribution < 1.29 is 14.3 Å². The molecule has 1 aromatic heterocycles. The molecule has 4 rings (SSSR count). The zero-order chi connectivity index (χ0) is 15.6. The summed E-state index contributed by atoms with van der Waals surface area (Å²) < 4.78 is 13.0. The van der Waals surface area contributed by atoms with Crippen molar-refractivity contribution in [1.82, 2.24) is 15.1 Å². The van der Waals surface area contributed by atoms with E-state index in [4.69, 9.17) is 9.47 Å². The van der Waals surface area contributed by atoms with Gasteiger partial charge in [0.1, 0.15) is 0 Å². The molecule has 6 nitrogen and oxygen atoms in total. The van der Waals surface area contributed by atoms with E-state index < -0.39 is 0 Å². The summed E-state index contributed by atoms with van der Waals surface area (Å²) >= 11 is 0. The maximum absolute atomic E-state index is 12.3. The number of ether oxygens (including phenoxy) is 2. The number of fused-ring (bicyclic) bond motifs is 2. The maximum atomic E-state index is 12.3. The molecule has 0 aliphatic carbocycles. The van der Waals surface area contributed by atoms with E-state index in [1.165, 1.54) is 11.1 Å². The molecule has 0 radical (unpaired) electrons. The Morgan fingerprint density at radius 2 is 2.22 bits per heavy atom. The SMILES string of the molecule is O=C(NC[C@H]1Cc2ccccc2CO1)c1cc2n(n1)CCCO2. The highest BCUT2D eigenvalue weighted by Gasteiger charge is 2.21. The number of nitrogens with zero attached hydrogens (tertiary/aromatic N) is 2. The van der Waals surface area contributed by atoms with Gasteiger partial charge < -0.3 is 14.8 Å². The summed E-state index contributed by atoms with van der Waals surface area (Å²) in [6, 6.07) is 9.96. The maximum Gasteiger partial charge on any atom is 0.272 e. The molecule has 0 fully saturated rings. The van der Waals surface area contributed by atoms with Gasteiger partial charge in [-0.2, -0.15) is 5.10 Å². The van der Waals surface area contributed by atoms with Crippen LogP contribution in [0.3, 0.4) is 0 Å². The fourth-order valence-electron chi connectivity index (χ4n) is 3.02. The largest absolute Gasteiger partial charge is 0.478 e. The van der Waals surface area contributed by atoms with Crippen LogP contribution < -0.4 is 10.1 Å². The van der Waals surface area contributed by atoms with Crippen LogP contribution in [0.2, 0.25) is 0 Å². The minimum Gasteiger partial charge on any atom is -0.478 e. The lowest BCUT2D eigenvalue weighted by Gasteiger charge is -2.25. The molecule has 2 aromatic rings. The second-order valence-corrected chi connectivity index (χ2v) is 5.91. The summed E-state index contributed by atoms with van der Waals surface area (Å²) in [7, 11) is 0. The Balaban J connectivity index is 1.36. The van der Waals surface area contributed by atoms with E-state index in [9.17, 15) is 4.79 Å². The van der Waals surface area contributed by atoms with Crippen LogP contribution >= 0.6 is 0 Å². The summed E-state index contributed by atoms with van der Waals surface area (Å²) in [5.74, 6) is 0.488. The molecule has 0 saturated heterocycles. The van der Waals surface area contributed by atoms with Crippen molar-refractivity contribution in [3.8, 4) is 5.88 Å². The third-order valence-electron chi connectivity index (χ3n) is 4.27.